The van der Waals surface area contributed by atoms with E-state index in [9.17, 15) is 18.0 Å². The fourth-order valence-electron chi connectivity index (χ4n) is 3.15. The zero-order valence-corrected chi connectivity index (χ0v) is 18.3. The van der Waals surface area contributed by atoms with Gasteiger partial charge in [-0.15, -0.1) is 0 Å². The van der Waals surface area contributed by atoms with Gasteiger partial charge in [-0.3, -0.25) is 13.9 Å². The molecule has 0 radical (unpaired) electrons. The molecule has 2 N–H and O–H groups in total. The van der Waals surface area contributed by atoms with Crippen LogP contribution in [0.2, 0.25) is 0 Å². The van der Waals surface area contributed by atoms with Crippen molar-refractivity contribution in [2.75, 3.05) is 16.7 Å². The largest absolute Gasteiger partial charge is 0.349 e. The van der Waals surface area contributed by atoms with Gasteiger partial charge in [-0.1, -0.05) is 24.3 Å². The second-order valence-electron chi connectivity index (χ2n) is 7.62. The lowest BCUT2D eigenvalue weighted by Gasteiger charge is -2.19. The van der Waals surface area contributed by atoms with E-state index in [0.717, 1.165) is 12.8 Å². The van der Waals surface area contributed by atoms with Gasteiger partial charge < -0.3 is 10.6 Å². The third-order valence-electron chi connectivity index (χ3n) is 5.19. The van der Waals surface area contributed by atoms with Crippen molar-refractivity contribution in [3.05, 3.63) is 90.0 Å². The number of nitrogens with one attached hydrogen (secondary N) is 2. The van der Waals surface area contributed by atoms with Crippen LogP contribution in [0.5, 0.6) is 0 Å². The Morgan fingerprint density at radius 1 is 0.844 bits per heavy atom. The summed E-state index contributed by atoms with van der Waals surface area (Å²) >= 11 is 0. The van der Waals surface area contributed by atoms with E-state index in [-0.39, 0.29) is 16.8 Å². The molecule has 0 aliphatic heterocycles. The second kappa shape index (κ2) is 8.84. The first-order chi connectivity index (χ1) is 15.3. The van der Waals surface area contributed by atoms with Gasteiger partial charge in [0.15, 0.2) is 0 Å². The van der Waals surface area contributed by atoms with E-state index in [0.29, 0.717) is 22.5 Å². The SMILES string of the molecule is CN(c1ccccc1)S(=O)(=O)c1ccc(C(=O)Nc2cccc(C(=O)NC3CC3)c2)cc1. The van der Waals surface area contributed by atoms with Crippen molar-refractivity contribution >= 4 is 33.2 Å². The Balaban J connectivity index is 1.46. The molecule has 0 bridgehead atoms. The molecule has 32 heavy (non-hydrogen) atoms. The smallest absolute Gasteiger partial charge is 0.264 e. The van der Waals surface area contributed by atoms with Crippen molar-refractivity contribution in [1.82, 2.24) is 5.32 Å². The summed E-state index contributed by atoms with van der Waals surface area (Å²) in [7, 11) is -2.27. The van der Waals surface area contributed by atoms with Gasteiger partial charge in [-0.25, -0.2) is 8.42 Å². The number of amides is 2. The zero-order chi connectivity index (χ0) is 22.7. The molecule has 7 nitrogen and oxygen atoms in total. The molecule has 1 aliphatic rings. The molecular formula is C24H23N3O4S. The van der Waals surface area contributed by atoms with E-state index < -0.39 is 15.9 Å². The maximum atomic E-state index is 12.9. The predicted octanol–water partition coefficient (Wildman–Crippen LogP) is 3.66. The number of sulfonamides is 1. The highest BCUT2D eigenvalue weighted by atomic mass is 32.2. The van der Waals surface area contributed by atoms with Gasteiger partial charge in [-0.2, -0.15) is 0 Å². The molecule has 4 rings (SSSR count). The van der Waals surface area contributed by atoms with Crippen LogP contribution in [0.4, 0.5) is 11.4 Å². The van der Waals surface area contributed by atoms with E-state index in [1.54, 1.807) is 48.5 Å². The molecule has 3 aromatic rings. The van der Waals surface area contributed by atoms with Gasteiger partial charge >= 0.3 is 0 Å². The van der Waals surface area contributed by atoms with Crippen LogP contribution in [0.3, 0.4) is 0 Å². The molecule has 1 saturated carbocycles. The zero-order valence-electron chi connectivity index (χ0n) is 17.5. The molecule has 2 amide bonds. The molecule has 1 fully saturated rings. The van der Waals surface area contributed by atoms with E-state index in [4.69, 9.17) is 0 Å². The van der Waals surface area contributed by atoms with E-state index in [2.05, 4.69) is 10.6 Å². The number of carbonyl (C=O) groups is 2. The Morgan fingerprint density at radius 2 is 1.53 bits per heavy atom. The van der Waals surface area contributed by atoms with Crippen LogP contribution in [-0.2, 0) is 10.0 Å². The number of rotatable bonds is 7. The van der Waals surface area contributed by atoms with Gasteiger partial charge in [0, 0.05) is 29.9 Å². The molecule has 0 aromatic heterocycles. The topological polar surface area (TPSA) is 95.6 Å². The van der Waals surface area contributed by atoms with E-state index in [1.807, 2.05) is 6.07 Å². The third-order valence-corrected chi connectivity index (χ3v) is 6.99. The van der Waals surface area contributed by atoms with Gasteiger partial charge in [0.05, 0.1) is 10.6 Å². The average Bonchev–Trinajstić information content (AvgIpc) is 3.63. The maximum absolute atomic E-state index is 12.9. The van der Waals surface area contributed by atoms with Crippen molar-refractivity contribution < 1.29 is 18.0 Å². The van der Waals surface area contributed by atoms with Crippen molar-refractivity contribution in [1.29, 1.82) is 0 Å². The summed E-state index contributed by atoms with van der Waals surface area (Å²) in [6.45, 7) is 0. The van der Waals surface area contributed by atoms with Crippen LogP contribution in [0.1, 0.15) is 33.6 Å². The van der Waals surface area contributed by atoms with Crippen molar-refractivity contribution in [2.45, 2.75) is 23.8 Å². The van der Waals surface area contributed by atoms with E-state index in [1.165, 1.54) is 35.6 Å². The number of anilines is 2. The van der Waals surface area contributed by atoms with Crippen LogP contribution >= 0.6 is 0 Å². The van der Waals surface area contributed by atoms with Crippen LogP contribution in [0, 0.1) is 0 Å². The second-order valence-corrected chi connectivity index (χ2v) is 9.58. The summed E-state index contributed by atoms with van der Waals surface area (Å²) in [5.74, 6) is -0.564. The molecule has 0 saturated heterocycles. The van der Waals surface area contributed by atoms with E-state index >= 15 is 0 Å². The minimum absolute atomic E-state index is 0.0825. The molecular weight excluding hydrogens is 426 g/mol. The van der Waals surface area contributed by atoms with Crippen molar-refractivity contribution in [2.24, 2.45) is 0 Å². The van der Waals surface area contributed by atoms with Crippen molar-refractivity contribution in [3.63, 3.8) is 0 Å². The Morgan fingerprint density at radius 3 is 2.19 bits per heavy atom. The minimum Gasteiger partial charge on any atom is -0.349 e. The highest BCUT2D eigenvalue weighted by Crippen LogP contribution is 2.23. The molecule has 8 heteroatoms. The fraction of sp³-hybridized carbons (Fsp3) is 0.167. The quantitative estimate of drug-likeness (QED) is 0.576. The Hall–Kier alpha value is -3.65. The third kappa shape index (κ3) is 4.81. The first kappa shape index (κ1) is 21.6. The molecule has 0 unspecified atom stereocenters. The highest BCUT2D eigenvalue weighted by molar-refractivity contribution is 7.92. The van der Waals surface area contributed by atoms with Crippen LogP contribution < -0.4 is 14.9 Å². The molecule has 164 valence electrons. The number of hydrogen-bond donors (Lipinski definition) is 2. The van der Waals surface area contributed by atoms with Gasteiger partial charge in [0.1, 0.15) is 0 Å². The summed E-state index contributed by atoms with van der Waals surface area (Å²) in [6, 6.07) is 21.4. The Labute approximate surface area is 187 Å². The lowest BCUT2D eigenvalue weighted by atomic mass is 10.1. The number of carbonyl (C=O) groups excluding carboxylic acids is 2. The first-order valence-electron chi connectivity index (χ1n) is 10.2. The summed E-state index contributed by atoms with van der Waals surface area (Å²) < 4.78 is 26.9. The number of benzene rings is 3. The number of hydrogen-bond acceptors (Lipinski definition) is 4. The lowest BCUT2D eigenvalue weighted by molar-refractivity contribution is 0.0949. The molecule has 0 heterocycles. The van der Waals surface area contributed by atoms with Crippen LogP contribution in [0.15, 0.2) is 83.8 Å². The standard InChI is InChI=1S/C24H23N3O4S/c1-27(21-8-3-2-4-9-21)32(30,31)22-14-10-17(11-15-22)23(28)26-20-7-5-6-18(16-20)24(29)25-19-12-13-19/h2-11,14-16,19H,12-13H2,1H3,(H,25,29)(H,26,28). The molecule has 0 spiro atoms. The summed E-state index contributed by atoms with van der Waals surface area (Å²) in [6.07, 6.45) is 1.99. The summed E-state index contributed by atoms with van der Waals surface area (Å²) in [5.41, 5.74) is 1.80. The van der Waals surface area contributed by atoms with Crippen molar-refractivity contribution in [3.8, 4) is 0 Å². The number of para-hydroxylation sites is 1. The lowest BCUT2D eigenvalue weighted by Crippen LogP contribution is -2.26. The molecule has 3 aromatic carbocycles. The molecule has 1 aliphatic carbocycles. The average molecular weight is 450 g/mol. The van der Waals surface area contributed by atoms with Gasteiger partial charge in [0.25, 0.3) is 21.8 Å². The normalized spacial score (nSPS) is 13.3. The summed E-state index contributed by atoms with van der Waals surface area (Å²) in [4.78, 5) is 24.9. The Kier molecular flexibility index (Phi) is 5.96. The minimum atomic E-state index is -3.76. The van der Waals surface area contributed by atoms with Gasteiger partial charge in [0.2, 0.25) is 0 Å². The van der Waals surface area contributed by atoms with Gasteiger partial charge in [-0.05, 0) is 67.4 Å². The molecule has 0 atom stereocenters. The highest BCUT2D eigenvalue weighted by Gasteiger charge is 2.24. The number of nitrogens with zero attached hydrogens (tertiary/aromatic N) is 1. The van der Waals surface area contributed by atoms with Crippen LogP contribution in [0.25, 0.3) is 0 Å². The predicted molar refractivity (Wildman–Crippen MR) is 123 cm³/mol. The fourth-order valence-corrected chi connectivity index (χ4v) is 4.35. The van der Waals surface area contributed by atoms with Crippen LogP contribution in [-0.4, -0.2) is 33.3 Å². The summed E-state index contributed by atoms with van der Waals surface area (Å²) in [5, 5.41) is 5.66. The maximum Gasteiger partial charge on any atom is 0.264 e. The first-order valence-corrected chi connectivity index (χ1v) is 11.6. The Bertz CT molecular complexity index is 1240. The monoisotopic (exact) mass is 449 g/mol.